The van der Waals surface area contributed by atoms with Gasteiger partial charge in [-0.15, -0.1) is 0 Å². The first-order valence-electron chi connectivity index (χ1n) is 10.4. The van der Waals surface area contributed by atoms with Gasteiger partial charge in [-0.2, -0.15) is 0 Å². The number of nitrogens with zero attached hydrogens (tertiary/aromatic N) is 3. The summed E-state index contributed by atoms with van der Waals surface area (Å²) >= 11 is 3.53. The molecule has 0 atom stereocenters. The number of carbonyl (C=O) groups is 1. The lowest BCUT2D eigenvalue weighted by Gasteiger charge is -2.12. The van der Waals surface area contributed by atoms with Gasteiger partial charge in [-0.1, -0.05) is 48.5 Å². The second kappa shape index (κ2) is 8.20. The quantitative estimate of drug-likeness (QED) is 0.300. The van der Waals surface area contributed by atoms with Crippen LogP contribution in [0.15, 0.2) is 88.5 Å². The number of carbonyl (C=O) groups excluding carboxylic acids is 1. The highest BCUT2D eigenvalue weighted by molar-refractivity contribution is 9.10. The normalized spacial score (nSPS) is 11.3. The van der Waals surface area contributed by atoms with Crippen LogP contribution in [0.4, 0.5) is 0 Å². The highest BCUT2D eigenvalue weighted by atomic mass is 79.9. The van der Waals surface area contributed by atoms with Crippen LogP contribution in [-0.2, 0) is 13.1 Å². The van der Waals surface area contributed by atoms with Crippen molar-refractivity contribution in [1.29, 1.82) is 0 Å². The van der Waals surface area contributed by atoms with Gasteiger partial charge in [-0.25, -0.2) is 0 Å². The molecule has 0 spiro atoms. The van der Waals surface area contributed by atoms with Crippen molar-refractivity contribution in [2.24, 2.45) is 0 Å². The molecule has 0 unspecified atom stereocenters. The maximum absolute atomic E-state index is 13.7. The first-order chi connectivity index (χ1) is 15.6. The van der Waals surface area contributed by atoms with E-state index in [1.54, 1.807) is 24.7 Å². The van der Waals surface area contributed by atoms with Crippen LogP contribution in [0.3, 0.4) is 0 Å². The Morgan fingerprint density at radius 3 is 2.50 bits per heavy atom. The van der Waals surface area contributed by atoms with Crippen molar-refractivity contribution >= 4 is 43.4 Å². The van der Waals surface area contributed by atoms with Crippen molar-refractivity contribution in [1.82, 2.24) is 14.1 Å². The SMILES string of the molecule is CCn1c(-c2ccccc2)c(C(=O)Cn2cc(Br)c3ccncc3c2=O)c2ccccc21. The second-order valence-electron chi connectivity index (χ2n) is 7.61. The second-order valence-corrected chi connectivity index (χ2v) is 8.46. The molecule has 3 aromatic heterocycles. The molecule has 0 bridgehead atoms. The number of aromatic nitrogens is 3. The number of Topliss-reactive ketones (excluding diaryl/α,β-unsaturated/α-hetero) is 1. The van der Waals surface area contributed by atoms with E-state index in [0.717, 1.165) is 38.6 Å². The number of benzene rings is 2. The minimum Gasteiger partial charge on any atom is -0.340 e. The maximum Gasteiger partial charge on any atom is 0.260 e. The van der Waals surface area contributed by atoms with Crippen molar-refractivity contribution in [3.05, 3.63) is 99.6 Å². The number of aryl methyl sites for hydroxylation is 1. The van der Waals surface area contributed by atoms with E-state index >= 15 is 0 Å². The number of para-hydroxylation sites is 1. The van der Waals surface area contributed by atoms with Crippen LogP contribution in [0, 0.1) is 0 Å². The van der Waals surface area contributed by atoms with Crippen molar-refractivity contribution in [2.45, 2.75) is 20.0 Å². The van der Waals surface area contributed by atoms with Gasteiger partial charge in [0.2, 0.25) is 0 Å². The van der Waals surface area contributed by atoms with Gasteiger partial charge < -0.3 is 9.13 Å². The number of hydrogen-bond donors (Lipinski definition) is 0. The standard InChI is InChI=1S/C26H20BrN3O2/c1-2-30-22-11-7-6-10-19(22)24(25(30)17-8-4-3-5-9-17)23(31)16-29-15-21(27)18-12-13-28-14-20(18)26(29)32/h3-15H,2,16H2,1H3. The maximum atomic E-state index is 13.7. The molecule has 6 heteroatoms. The predicted molar refractivity (Wildman–Crippen MR) is 131 cm³/mol. The molecule has 3 heterocycles. The van der Waals surface area contributed by atoms with E-state index in [9.17, 15) is 9.59 Å². The smallest absolute Gasteiger partial charge is 0.260 e. The van der Waals surface area contributed by atoms with Gasteiger partial charge in [0.05, 0.1) is 23.2 Å². The monoisotopic (exact) mass is 485 g/mol. The molecule has 158 valence electrons. The predicted octanol–water partition coefficient (Wildman–Crippen LogP) is 5.68. The summed E-state index contributed by atoms with van der Waals surface area (Å²) in [5, 5.41) is 2.16. The Kier molecular flexibility index (Phi) is 5.23. The molecule has 0 amide bonds. The number of fused-ring (bicyclic) bond motifs is 2. The molecule has 2 aromatic carbocycles. The summed E-state index contributed by atoms with van der Waals surface area (Å²) < 4.78 is 4.38. The number of halogens is 1. The van der Waals surface area contributed by atoms with Gasteiger partial charge in [-0.3, -0.25) is 14.6 Å². The van der Waals surface area contributed by atoms with Gasteiger partial charge in [0, 0.05) is 45.9 Å². The first-order valence-corrected chi connectivity index (χ1v) is 11.2. The van der Waals surface area contributed by atoms with Crippen molar-refractivity contribution in [2.75, 3.05) is 0 Å². The van der Waals surface area contributed by atoms with Crippen LogP contribution >= 0.6 is 15.9 Å². The molecule has 5 rings (SSSR count). The Hall–Kier alpha value is -3.51. The van der Waals surface area contributed by atoms with E-state index in [4.69, 9.17) is 0 Å². The number of hydrogen-bond acceptors (Lipinski definition) is 3. The van der Waals surface area contributed by atoms with Gasteiger partial charge in [0.1, 0.15) is 0 Å². The van der Waals surface area contributed by atoms with Crippen LogP contribution in [0.2, 0.25) is 0 Å². The lowest BCUT2D eigenvalue weighted by molar-refractivity contribution is 0.0973. The molecule has 0 saturated heterocycles. The zero-order valence-electron chi connectivity index (χ0n) is 17.5. The minimum absolute atomic E-state index is 0.0557. The molecule has 0 radical (unpaired) electrons. The Balaban J connectivity index is 1.71. The summed E-state index contributed by atoms with van der Waals surface area (Å²) in [6.07, 6.45) is 4.87. The van der Waals surface area contributed by atoms with E-state index < -0.39 is 0 Å². The van der Waals surface area contributed by atoms with Crippen LogP contribution in [-0.4, -0.2) is 19.9 Å². The summed E-state index contributed by atoms with van der Waals surface area (Å²) in [7, 11) is 0. The van der Waals surface area contributed by atoms with Gasteiger partial charge in [0.15, 0.2) is 5.78 Å². The molecule has 5 nitrogen and oxygen atoms in total. The molecular formula is C26H20BrN3O2. The minimum atomic E-state index is -0.231. The lowest BCUT2D eigenvalue weighted by atomic mass is 10.0. The average molecular weight is 486 g/mol. The summed E-state index contributed by atoms with van der Waals surface area (Å²) in [4.78, 5) is 30.9. The van der Waals surface area contributed by atoms with Gasteiger partial charge in [0.25, 0.3) is 5.56 Å². The van der Waals surface area contributed by atoms with Crippen molar-refractivity contribution in [3.63, 3.8) is 0 Å². The van der Waals surface area contributed by atoms with Gasteiger partial charge in [-0.05, 0) is 40.5 Å². The van der Waals surface area contributed by atoms with Crippen molar-refractivity contribution < 1.29 is 4.79 Å². The summed E-state index contributed by atoms with van der Waals surface area (Å²) in [6, 6.07) is 19.7. The summed E-state index contributed by atoms with van der Waals surface area (Å²) in [5.41, 5.74) is 3.28. The molecule has 32 heavy (non-hydrogen) atoms. The van der Waals surface area contributed by atoms with Crippen LogP contribution in [0.5, 0.6) is 0 Å². The number of ketones is 1. The van der Waals surface area contributed by atoms with Crippen LogP contribution in [0.1, 0.15) is 17.3 Å². The molecular weight excluding hydrogens is 466 g/mol. The van der Waals surface area contributed by atoms with Crippen LogP contribution < -0.4 is 5.56 Å². The zero-order valence-corrected chi connectivity index (χ0v) is 19.0. The third-order valence-electron chi connectivity index (χ3n) is 5.77. The zero-order chi connectivity index (χ0) is 22.2. The Labute approximate surface area is 193 Å². The van der Waals surface area contributed by atoms with E-state index in [0.29, 0.717) is 10.9 Å². The fraction of sp³-hybridized carbons (Fsp3) is 0.115. The highest BCUT2D eigenvalue weighted by Gasteiger charge is 2.23. The number of rotatable bonds is 5. The molecule has 0 saturated carbocycles. The van der Waals surface area contributed by atoms with Gasteiger partial charge >= 0.3 is 0 Å². The number of pyridine rings is 2. The fourth-order valence-corrected chi connectivity index (χ4v) is 4.95. The molecule has 0 aliphatic carbocycles. The third-order valence-corrected chi connectivity index (χ3v) is 6.40. The van der Waals surface area contributed by atoms with Crippen LogP contribution in [0.25, 0.3) is 32.9 Å². The van der Waals surface area contributed by atoms with E-state index in [-0.39, 0.29) is 17.9 Å². The molecule has 5 aromatic rings. The first kappa shape index (κ1) is 20.4. The highest BCUT2D eigenvalue weighted by Crippen LogP contribution is 2.34. The Bertz CT molecular complexity index is 1530. The molecule has 0 aliphatic heterocycles. The summed E-state index contributed by atoms with van der Waals surface area (Å²) in [5.74, 6) is -0.107. The average Bonchev–Trinajstić information content (AvgIpc) is 3.17. The van der Waals surface area contributed by atoms with Crippen molar-refractivity contribution in [3.8, 4) is 11.3 Å². The Morgan fingerprint density at radius 2 is 1.72 bits per heavy atom. The largest absolute Gasteiger partial charge is 0.340 e. The summed E-state index contributed by atoms with van der Waals surface area (Å²) in [6.45, 7) is 2.75. The fourth-order valence-electron chi connectivity index (χ4n) is 4.35. The van der Waals surface area contributed by atoms with E-state index in [1.807, 2.05) is 54.6 Å². The van der Waals surface area contributed by atoms with E-state index in [1.165, 1.54) is 4.57 Å². The molecule has 0 aliphatic rings. The Morgan fingerprint density at radius 1 is 0.969 bits per heavy atom. The van der Waals surface area contributed by atoms with E-state index in [2.05, 4.69) is 32.4 Å². The molecule has 0 N–H and O–H groups in total. The topological polar surface area (TPSA) is 56.9 Å². The molecule has 0 fully saturated rings. The lowest BCUT2D eigenvalue weighted by Crippen LogP contribution is -2.24. The third kappa shape index (κ3) is 3.28.